The minimum atomic E-state index is -0.177. The van der Waals surface area contributed by atoms with E-state index in [-0.39, 0.29) is 30.4 Å². The smallest absolute Gasteiger partial charge is 0.256 e. The summed E-state index contributed by atoms with van der Waals surface area (Å²) in [4.78, 5) is 30.0. The summed E-state index contributed by atoms with van der Waals surface area (Å²) in [5, 5.41) is 3.32. The molecule has 2 atom stereocenters. The number of nitrogens with zero attached hydrogens (tertiary/aromatic N) is 2. The Morgan fingerprint density at radius 1 is 1.40 bits per heavy atom. The number of hydrogen-bond donors (Lipinski definition) is 1. The van der Waals surface area contributed by atoms with E-state index in [9.17, 15) is 9.59 Å². The van der Waals surface area contributed by atoms with Crippen molar-refractivity contribution in [3.63, 3.8) is 0 Å². The van der Waals surface area contributed by atoms with Gasteiger partial charge in [-0.3, -0.25) is 14.6 Å². The van der Waals surface area contributed by atoms with Crippen molar-refractivity contribution in [3.8, 4) is 0 Å². The number of carbonyl (C=O) groups excluding carboxylic acids is 2. The molecule has 2 heterocycles. The highest BCUT2D eigenvalue weighted by Crippen LogP contribution is 2.28. The summed E-state index contributed by atoms with van der Waals surface area (Å²) in [6, 6.07) is 1.77. The molecule has 5 nitrogen and oxygen atoms in total. The number of rotatable bonds is 1. The van der Waals surface area contributed by atoms with Crippen LogP contribution in [0.5, 0.6) is 0 Å². The van der Waals surface area contributed by atoms with Crippen LogP contribution in [-0.2, 0) is 4.79 Å². The molecule has 1 aromatic heterocycles. The van der Waals surface area contributed by atoms with Gasteiger partial charge < -0.3 is 10.2 Å². The summed E-state index contributed by atoms with van der Waals surface area (Å²) in [6.07, 6.45) is 7.05. The maximum atomic E-state index is 12.7. The topological polar surface area (TPSA) is 62.3 Å². The van der Waals surface area contributed by atoms with E-state index in [4.69, 9.17) is 11.6 Å². The molecule has 1 saturated carbocycles. The van der Waals surface area contributed by atoms with Crippen LogP contribution in [0.3, 0.4) is 0 Å². The van der Waals surface area contributed by atoms with Crippen molar-refractivity contribution in [1.29, 1.82) is 0 Å². The number of amides is 2. The molecule has 1 aromatic rings. The summed E-state index contributed by atoms with van der Waals surface area (Å²) in [5.41, 5.74) is 0.417. The SMILES string of the molecule is O=C1CN(C(=O)c2ccncc2Cl)[C@@H]2CCCC[C@@H]2N1. The molecule has 20 heavy (non-hydrogen) atoms. The lowest BCUT2D eigenvalue weighted by Crippen LogP contribution is -2.62. The summed E-state index contributed by atoms with van der Waals surface area (Å²) in [6.45, 7) is 0.110. The number of pyridine rings is 1. The van der Waals surface area contributed by atoms with Gasteiger partial charge in [-0.2, -0.15) is 0 Å². The second kappa shape index (κ2) is 5.40. The number of hydrogen-bond acceptors (Lipinski definition) is 3. The third-order valence-electron chi connectivity index (χ3n) is 4.05. The van der Waals surface area contributed by atoms with Gasteiger partial charge in [0.25, 0.3) is 5.91 Å². The van der Waals surface area contributed by atoms with Gasteiger partial charge in [-0.25, -0.2) is 0 Å². The molecule has 1 saturated heterocycles. The van der Waals surface area contributed by atoms with Gasteiger partial charge in [0, 0.05) is 18.4 Å². The predicted molar refractivity (Wildman–Crippen MR) is 74.5 cm³/mol. The van der Waals surface area contributed by atoms with Crippen LogP contribution >= 0.6 is 11.6 Å². The Balaban J connectivity index is 1.89. The van der Waals surface area contributed by atoms with Crippen LogP contribution in [0.2, 0.25) is 5.02 Å². The first kappa shape index (κ1) is 13.4. The van der Waals surface area contributed by atoms with E-state index in [1.807, 2.05) is 0 Å². The third kappa shape index (κ3) is 2.38. The minimum Gasteiger partial charge on any atom is -0.350 e. The number of piperazine rings is 1. The molecule has 2 fully saturated rings. The highest BCUT2D eigenvalue weighted by atomic mass is 35.5. The fourth-order valence-corrected chi connectivity index (χ4v) is 3.30. The molecule has 1 aliphatic carbocycles. The van der Waals surface area contributed by atoms with Crippen molar-refractivity contribution >= 4 is 23.4 Å². The maximum absolute atomic E-state index is 12.7. The minimum absolute atomic E-state index is 0.0783. The summed E-state index contributed by atoms with van der Waals surface area (Å²) in [7, 11) is 0. The van der Waals surface area contributed by atoms with Gasteiger partial charge in [0.05, 0.1) is 16.6 Å². The van der Waals surface area contributed by atoms with Crippen molar-refractivity contribution in [2.75, 3.05) is 6.54 Å². The Kier molecular flexibility index (Phi) is 3.61. The van der Waals surface area contributed by atoms with Crippen LogP contribution in [-0.4, -0.2) is 40.3 Å². The molecule has 0 aromatic carbocycles. The van der Waals surface area contributed by atoms with Gasteiger partial charge in [0.1, 0.15) is 6.54 Å². The molecule has 0 unspecified atom stereocenters. The van der Waals surface area contributed by atoms with E-state index >= 15 is 0 Å². The van der Waals surface area contributed by atoms with Gasteiger partial charge in [-0.1, -0.05) is 24.4 Å². The first-order chi connectivity index (χ1) is 9.66. The molecule has 2 aliphatic rings. The third-order valence-corrected chi connectivity index (χ3v) is 4.36. The zero-order valence-corrected chi connectivity index (χ0v) is 11.8. The quantitative estimate of drug-likeness (QED) is 0.856. The van der Waals surface area contributed by atoms with E-state index < -0.39 is 0 Å². The van der Waals surface area contributed by atoms with Crippen LogP contribution in [0.25, 0.3) is 0 Å². The van der Waals surface area contributed by atoms with E-state index in [1.54, 1.807) is 17.2 Å². The van der Waals surface area contributed by atoms with Gasteiger partial charge >= 0.3 is 0 Å². The van der Waals surface area contributed by atoms with Crippen LogP contribution in [0.1, 0.15) is 36.0 Å². The fourth-order valence-electron chi connectivity index (χ4n) is 3.10. The van der Waals surface area contributed by atoms with Crippen molar-refractivity contribution in [2.45, 2.75) is 37.8 Å². The normalized spacial score (nSPS) is 25.9. The van der Waals surface area contributed by atoms with E-state index in [2.05, 4.69) is 10.3 Å². The number of fused-ring (bicyclic) bond motifs is 1. The molecule has 106 valence electrons. The zero-order valence-electron chi connectivity index (χ0n) is 11.0. The van der Waals surface area contributed by atoms with Crippen molar-refractivity contribution in [2.24, 2.45) is 0 Å². The molecular formula is C14H16ClN3O2. The Hall–Kier alpha value is -1.62. The molecular weight excluding hydrogens is 278 g/mol. The summed E-state index contributed by atoms with van der Waals surface area (Å²) < 4.78 is 0. The maximum Gasteiger partial charge on any atom is 0.256 e. The van der Waals surface area contributed by atoms with Crippen LogP contribution in [0.4, 0.5) is 0 Å². The number of halogens is 1. The summed E-state index contributed by atoms with van der Waals surface area (Å²) >= 11 is 6.04. The van der Waals surface area contributed by atoms with Crippen LogP contribution in [0.15, 0.2) is 18.5 Å². The highest BCUT2D eigenvalue weighted by molar-refractivity contribution is 6.33. The monoisotopic (exact) mass is 293 g/mol. The van der Waals surface area contributed by atoms with Crippen LogP contribution in [0, 0.1) is 0 Å². The van der Waals surface area contributed by atoms with Crippen LogP contribution < -0.4 is 5.32 Å². The first-order valence-corrected chi connectivity index (χ1v) is 7.24. The Morgan fingerprint density at radius 3 is 3.00 bits per heavy atom. The molecule has 0 spiro atoms. The van der Waals surface area contributed by atoms with Crippen molar-refractivity contribution in [1.82, 2.24) is 15.2 Å². The van der Waals surface area contributed by atoms with E-state index in [1.165, 1.54) is 6.20 Å². The van der Waals surface area contributed by atoms with Gasteiger partial charge in [-0.15, -0.1) is 0 Å². The highest BCUT2D eigenvalue weighted by Gasteiger charge is 2.39. The fraction of sp³-hybridized carbons (Fsp3) is 0.500. The molecule has 2 amide bonds. The standard InChI is InChI=1S/C14H16ClN3O2/c15-10-7-16-6-5-9(10)14(20)18-8-13(19)17-11-3-1-2-4-12(11)18/h5-7,11-12H,1-4,8H2,(H,17,19)/t11-,12+/m0/s1. The Morgan fingerprint density at radius 2 is 2.20 bits per heavy atom. The number of nitrogens with one attached hydrogen (secondary N) is 1. The lowest BCUT2D eigenvalue weighted by molar-refractivity contribution is -0.127. The lowest BCUT2D eigenvalue weighted by Gasteiger charge is -2.44. The molecule has 3 rings (SSSR count). The van der Waals surface area contributed by atoms with Crippen molar-refractivity contribution in [3.05, 3.63) is 29.0 Å². The average molecular weight is 294 g/mol. The lowest BCUT2D eigenvalue weighted by atomic mass is 9.87. The second-order valence-electron chi connectivity index (χ2n) is 5.31. The zero-order chi connectivity index (χ0) is 14.1. The Labute approximate surface area is 122 Å². The predicted octanol–water partition coefficient (Wildman–Crippen LogP) is 1.62. The van der Waals surface area contributed by atoms with E-state index in [0.717, 1.165) is 25.7 Å². The molecule has 1 N–H and O–H groups in total. The number of carbonyl (C=O) groups is 2. The van der Waals surface area contributed by atoms with Gasteiger partial charge in [-0.05, 0) is 18.9 Å². The number of aromatic nitrogens is 1. The van der Waals surface area contributed by atoms with Gasteiger partial charge in [0.2, 0.25) is 5.91 Å². The van der Waals surface area contributed by atoms with Gasteiger partial charge in [0.15, 0.2) is 0 Å². The average Bonchev–Trinajstić information content (AvgIpc) is 2.46. The molecule has 1 aliphatic heterocycles. The summed E-state index contributed by atoms with van der Waals surface area (Å²) in [5.74, 6) is -0.268. The molecule has 0 bridgehead atoms. The largest absolute Gasteiger partial charge is 0.350 e. The van der Waals surface area contributed by atoms with E-state index in [0.29, 0.717) is 10.6 Å². The Bertz CT molecular complexity index is 549. The molecule has 0 radical (unpaired) electrons. The first-order valence-electron chi connectivity index (χ1n) is 6.86. The second-order valence-corrected chi connectivity index (χ2v) is 5.72. The molecule has 6 heteroatoms. The van der Waals surface area contributed by atoms with Crippen molar-refractivity contribution < 1.29 is 9.59 Å².